The third-order valence-corrected chi connectivity index (χ3v) is 6.79. The molecule has 1 N–H and O–H groups in total. The van der Waals surface area contributed by atoms with E-state index in [9.17, 15) is 9.59 Å². The zero-order chi connectivity index (χ0) is 23.3. The van der Waals surface area contributed by atoms with E-state index in [0.29, 0.717) is 5.56 Å². The van der Waals surface area contributed by atoms with Crippen molar-refractivity contribution in [3.63, 3.8) is 0 Å². The molecule has 0 bridgehead atoms. The Hall–Kier alpha value is -3.41. The van der Waals surface area contributed by atoms with Crippen molar-refractivity contribution in [3.05, 3.63) is 65.2 Å². The summed E-state index contributed by atoms with van der Waals surface area (Å²) in [7, 11) is 0. The number of pyridine rings is 1. The molecule has 6 heteroatoms. The van der Waals surface area contributed by atoms with Crippen LogP contribution in [0.25, 0.3) is 22.6 Å². The van der Waals surface area contributed by atoms with Crippen LogP contribution < -0.4 is 5.32 Å². The molecule has 1 amide bonds. The molecule has 0 radical (unpaired) electrons. The Labute approximate surface area is 199 Å². The molecule has 0 saturated heterocycles. The van der Waals surface area contributed by atoms with Crippen LogP contribution in [0.2, 0.25) is 0 Å². The van der Waals surface area contributed by atoms with Crippen LogP contribution in [0.1, 0.15) is 78.7 Å². The van der Waals surface area contributed by atoms with Gasteiger partial charge in [0.05, 0.1) is 23.0 Å². The second kappa shape index (κ2) is 10.2. The number of aromatic nitrogens is 1. The van der Waals surface area contributed by atoms with Gasteiger partial charge in [0.2, 0.25) is 0 Å². The number of rotatable bonds is 5. The number of fused-ring (bicyclic) bond motifs is 2. The number of nitrogens with one attached hydrogen (secondary N) is 1. The van der Waals surface area contributed by atoms with Crippen LogP contribution in [0.5, 0.6) is 0 Å². The van der Waals surface area contributed by atoms with E-state index < -0.39 is 5.97 Å². The van der Waals surface area contributed by atoms with E-state index in [1.807, 2.05) is 42.5 Å². The lowest BCUT2D eigenvalue weighted by Gasteiger charge is -2.22. The van der Waals surface area contributed by atoms with Crippen LogP contribution in [-0.2, 0) is 16.0 Å². The zero-order valence-corrected chi connectivity index (χ0v) is 19.3. The maximum absolute atomic E-state index is 13.3. The number of ether oxygens (including phenoxy) is 1. The molecule has 1 aromatic carbocycles. The highest BCUT2D eigenvalue weighted by Gasteiger charge is 2.27. The van der Waals surface area contributed by atoms with Gasteiger partial charge in [0.25, 0.3) is 5.91 Å². The summed E-state index contributed by atoms with van der Waals surface area (Å²) in [5.41, 5.74) is 4.01. The second-order valence-electron chi connectivity index (χ2n) is 9.20. The van der Waals surface area contributed by atoms with E-state index in [1.54, 1.807) is 6.26 Å². The highest BCUT2D eigenvalue weighted by molar-refractivity contribution is 6.07. The summed E-state index contributed by atoms with van der Waals surface area (Å²) in [5.74, 6) is 0.0631. The molecule has 176 valence electrons. The molecule has 0 atom stereocenters. The Morgan fingerprint density at radius 2 is 1.85 bits per heavy atom. The van der Waals surface area contributed by atoms with Gasteiger partial charge in [-0.2, -0.15) is 0 Å². The molecule has 1 saturated carbocycles. The van der Waals surface area contributed by atoms with E-state index in [0.717, 1.165) is 78.4 Å². The third-order valence-electron chi connectivity index (χ3n) is 6.79. The minimum absolute atomic E-state index is 0.178. The number of hydrogen-bond donors (Lipinski definition) is 1. The molecule has 2 aromatic heterocycles. The topological polar surface area (TPSA) is 81.4 Å². The molecular weight excluding hydrogens is 428 g/mol. The molecule has 5 rings (SSSR count). The van der Waals surface area contributed by atoms with E-state index in [1.165, 1.54) is 12.8 Å². The molecule has 0 spiro atoms. The van der Waals surface area contributed by atoms with Crippen molar-refractivity contribution < 1.29 is 18.7 Å². The maximum Gasteiger partial charge on any atom is 0.339 e. The average Bonchev–Trinajstić information content (AvgIpc) is 3.23. The molecule has 1 fully saturated rings. The van der Waals surface area contributed by atoms with Crippen molar-refractivity contribution >= 4 is 34.4 Å². The highest BCUT2D eigenvalue weighted by atomic mass is 16.5. The minimum Gasteiger partial charge on any atom is -0.465 e. The molecule has 2 aliphatic rings. The minimum atomic E-state index is -0.467. The lowest BCUT2D eigenvalue weighted by atomic mass is 9.86. The van der Waals surface area contributed by atoms with Gasteiger partial charge in [0.1, 0.15) is 5.76 Å². The largest absolute Gasteiger partial charge is 0.465 e. The Balaban J connectivity index is 1.41. The Morgan fingerprint density at radius 1 is 1.03 bits per heavy atom. The number of nitrogens with zero attached hydrogens (tertiary/aromatic N) is 1. The van der Waals surface area contributed by atoms with Gasteiger partial charge in [-0.3, -0.25) is 4.79 Å². The fraction of sp³-hybridized carbons (Fsp3) is 0.393. The van der Waals surface area contributed by atoms with E-state index in [4.69, 9.17) is 14.1 Å². The van der Waals surface area contributed by atoms with Crippen molar-refractivity contribution in [2.75, 3.05) is 6.61 Å². The summed E-state index contributed by atoms with van der Waals surface area (Å²) >= 11 is 0. The molecule has 0 aliphatic heterocycles. The number of hydrogen-bond acceptors (Lipinski definition) is 5. The van der Waals surface area contributed by atoms with Gasteiger partial charge in [-0.25, -0.2) is 9.78 Å². The number of allylic oxidation sites excluding steroid dienone is 1. The second-order valence-corrected chi connectivity index (χ2v) is 9.20. The van der Waals surface area contributed by atoms with Gasteiger partial charge < -0.3 is 14.5 Å². The lowest BCUT2D eigenvalue weighted by molar-refractivity contribution is -0.125. The fourth-order valence-electron chi connectivity index (χ4n) is 5.15. The Kier molecular flexibility index (Phi) is 6.74. The predicted molar refractivity (Wildman–Crippen MR) is 131 cm³/mol. The summed E-state index contributed by atoms with van der Waals surface area (Å²) in [6.07, 6.45) is 12.8. The predicted octanol–water partition coefficient (Wildman–Crippen LogP) is 5.70. The third kappa shape index (κ3) is 4.91. The van der Waals surface area contributed by atoms with E-state index in [-0.39, 0.29) is 18.6 Å². The Morgan fingerprint density at radius 3 is 2.65 bits per heavy atom. The summed E-state index contributed by atoms with van der Waals surface area (Å²) in [5, 5.41) is 3.81. The first-order valence-electron chi connectivity index (χ1n) is 12.3. The molecule has 6 nitrogen and oxygen atoms in total. The first-order chi connectivity index (χ1) is 16.7. The summed E-state index contributed by atoms with van der Waals surface area (Å²) in [6.45, 7) is -0.268. The quantitative estimate of drug-likeness (QED) is 0.392. The zero-order valence-electron chi connectivity index (χ0n) is 19.3. The summed E-state index contributed by atoms with van der Waals surface area (Å²) in [4.78, 5) is 30.8. The molecule has 2 heterocycles. The number of esters is 1. The number of furan rings is 1. The van der Waals surface area contributed by atoms with Crippen molar-refractivity contribution in [2.24, 2.45) is 0 Å². The van der Waals surface area contributed by atoms with Gasteiger partial charge in [-0.1, -0.05) is 43.9 Å². The van der Waals surface area contributed by atoms with Crippen molar-refractivity contribution in [3.8, 4) is 0 Å². The molecular formula is C28H30N2O4. The smallest absolute Gasteiger partial charge is 0.339 e. The summed E-state index contributed by atoms with van der Waals surface area (Å²) < 4.78 is 11.1. The van der Waals surface area contributed by atoms with Crippen LogP contribution in [-0.4, -0.2) is 29.5 Å². The molecule has 0 unspecified atom stereocenters. The van der Waals surface area contributed by atoms with Crippen molar-refractivity contribution in [1.29, 1.82) is 0 Å². The number of para-hydroxylation sites is 1. The number of benzene rings is 1. The standard InChI is InChI=1S/C28H30N2O4/c31-25(29-20-10-3-1-2-4-11-20)18-34-28(32)26-22-13-5-6-15-24(22)30-27-19(9-7-14-23(26)27)17-21-12-8-16-33-21/h5-6,8,12-13,15-17,20H,1-4,7,9-11,14,18H2,(H,29,31). The van der Waals surface area contributed by atoms with E-state index >= 15 is 0 Å². The first kappa shape index (κ1) is 22.4. The lowest BCUT2D eigenvalue weighted by Crippen LogP contribution is -2.37. The van der Waals surface area contributed by atoms with Crippen LogP contribution >= 0.6 is 0 Å². The van der Waals surface area contributed by atoms with Gasteiger partial charge in [-0.15, -0.1) is 0 Å². The normalized spacial score (nSPS) is 17.8. The molecule has 2 aliphatic carbocycles. The first-order valence-corrected chi connectivity index (χ1v) is 12.3. The molecule has 34 heavy (non-hydrogen) atoms. The van der Waals surface area contributed by atoms with Gasteiger partial charge in [-0.05, 0) is 67.5 Å². The van der Waals surface area contributed by atoms with Gasteiger partial charge >= 0.3 is 5.97 Å². The maximum atomic E-state index is 13.3. The van der Waals surface area contributed by atoms with Crippen LogP contribution in [0.15, 0.2) is 47.1 Å². The van der Waals surface area contributed by atoms with Gasteiger partial charge in [0, 0.05) is 11.4 Å². The Bertz CT molecular complexity index is 1200. The molecule has 3 aromatic rings. The fourth-order valence-corrected chi connectivity index (χ4v) is 5.15. The van der Waals surface area contributed by atoms with Crippen LogP contribution in [0, 0.1) is 0 Å². The number of amides is 1. The van der Waals surface area contributed by atoms with Crippen LogP contribution in [0.3, 0.4) is 0 Å². The van der Waals surface area contributed by atoms with E-state index in [2.05, 4.69) is 5.32 Å². The number of carbonyl (C=O) groups excluding carboxylic acids is 2. The average molecular weight is 459 g/mol. The van der Waals surface area contributed by atoms with Crippen molar-refractivity contribution in [1.82, 2.24) is 10.3 Å². The van der Waals surface area contributed by atoms with Crippen LogP contribution in [0.4, 0.5) is 0 Å². The SMILES string of the molecule is O=C(COC(=O)c1c2c(nc3ccccc13)C(=Cc1ccco1)CCC2)NC1CCCCCC1. The van der Waals surface area contributed by atoms with Crippen molar-refractivity contribution in [2.45, 2.75) is 63.8 Å². The van der Waals surface area contributed by atoms with Gasteiger partial charge in [0.15, 0.2) is 6.61 Å². The number of carbonyl (C=O) groups is 2. The highest BCUT2D eigenvalue weighted by Crippen LogP contribution is 2.36. The summed E-state index contributed by atoms with van der Waals surface area (Å²) in [6, 6.07) is 11.6. The monoisotopic (exact) mass is 458 g/mol.